The Hall–Kier alpha value is -3.86. The zero-order valence-corrected chi connectivity index (χ0v) is 43.0. The van der Waals surface area contributed by atoms with Gasteiger partial charge in [-0.25, -0.2) is 0 Å². The lowest BCUT2D eigenvalue weighted by molar-refractivity contribution is 0.332. The van der Waals surface area contributed by atoms with E-state index in [-0.39, 0.29) is 51.1 Å². The fourth-order valence-corrected chi connectivity index (χ4v) is 12.0. The minimum atomic E-state index is -0.0527. The highest BCUT2D eigenvalue weighted by molar-refractivity contribution is 7.27. The fourth-order valence-electron chi connectivity index (χ4n) is 11.0. The van der Waals surface area contributed by atoms with Crippen LogP contribution in [0.5, 0.6) is 0 Å². The van der Waals surface area contributed by atoms with Crippen molar-refractivity contribution in [2.45, 2.75) is 176 Å². The molecule has 4 unspecified atom stereocenters. The van der Waals surface area contributed by atoms with Crippen LogP contribution in [-0.4, -0.2) is 30.3 Å². The molecule has 2 aromatic carbocycles. The van der Waals surface area contributed by atoms with E-state index in [0.717, 1.165) is 25.7 Å². The summed E-state index contributed by atoms with van der Waals surface area (Å²) >= 11 is 1.93. The quantitative estimate of drug-likeness (QED) is 0.128. The van der Waals surface area contributed by atoms with E-state index in [1.807, 2.05) is 11.3 Å². The Morgan fingerprint density at radius 1 is 0.938 bits per heavy atom. The Kier molecular flexibility index (Phi) is 13.6. The van der Waals surface area contributed by atoms with Crippen molar-refractivity contribution >= 4 is 33.5 Å². The van der Waals surface area contributed by atoms with Crippen LogP contribution >= 0.6 is 11.3 Å². The molecule has 0 saturated carbocycles. The van der Waals surface area contributed by atoms with E-state index in [1.165, 1.54) is 77.9 Å². The molecule has 0 amide bonds. The Morgan fingerprint density at radius 2 is 1.62 bits per heavy atom. The molecule has 1 radical (unpaired) electrons. The highest BCUT2D eigenvalue weighted by atomic mass is 32.1. The lowest BCUT2D eigenvalue weighted by Gasteiger charge is -2.41. The van der Waals surface area contributed by atoms with Crippen LogP contribution in [0, 0.1) is 16.7 Å². The first-order valence-electron chi connectivity index (χ1n) is 24.5. The molecule has 339 valence electrons. The first kappa shape index (κ1) is 48.1. The molecule has 0 bridgehead atoms. The number of benzene rings is 2. The van der Waals surface area contributed by atoms with Gasteiger partial charge in [0.1, 0.15) is 0 Å². The van der Waals surface area contributed by atoms with Crippen LogP contribution in [-0.2, 0) is 16.2 Å². The third kappa shape index (κ3) is 9.81. The summed E-state index contributed by atoms with van der Waals surface area (Å²) in [5, 5.41) is 5.46. The van der Waals surface area contributed by atoms with Gasteiger partial charge < -0.3 is 10.2 Å². The number of nitrogens with one attached hydrogen (secondary N) is 1. The number of hydrogen-bond donors (Lipinski definition) is 1. The highest BCUT2D eigenvalue weighted by Crippen LogP contribution is 2.54. The average molecular weight is 872 g/mol. The first-order chi connectivity index (χ1) is 29.9. The van der Waals surface area contributed by atoms with Crippen LogP contribution in [0.3, 0.4) is 0 Å². The molecule has 3 aromatic rings. The molecule has 4 heteroatoms. The summed E-state index contributed by atoms with van der Waals surface area (Å²) in [6.45, 7) is 42.1. The van der Waals surface area contributed by atoms with E-state index >= 15 is 0 Å². The van der Waals surface area contributed by atoms with Crippen molar-refractivity contribution in [3.8, 4) is 0 Å². The molecule has 1 N–H and O–H groups in total. The standard InChI is InChI=1S/C60H80BN2S/c1-17-21-42(62-43-27-29-45(39(2)3)49(36-43)57(8,9)10)30-33-63(52-25-20-24-48-55(52)46-22-18-19-23-47(46)60(48,15)16)44(28-26-40(4)56(5,6)7)38-61-54-35-41-34-50-51(37-53(41)64-54)59(13,14)32-31-58(50,11)12/h17-20,22-25,29-30,33-39,42-43,52,55,62H,1,4,21,26-28,31-32H2,2-3,5-16H3/b33-30+,44-38-. The lowest BCUT2D eigenvalue weighted by atomic mass is 9.63. The van der Waals surface area contributed by atoms with E-state index in [0.29, 0.717) is 5.92 Å². The van der Waals surface area contributed by atoms with E-state index in [4.69, 9.17) is 0 Å². The zero-order chi connectivity index (χ0) is 46.6. The number of hydrogen-bond acceptors (Lipinski definition) is 3. The molecule has 64 heavy (non-hydrogen) atoms. The van der Waals surface area contributed by atoms with Crippen LogP contribution < -0.4 is 10.1 Å². The smallest absolute Gasteiger partial charge is 0.197 e. The van der Waals surface area contributed by atoms with Crippen molar-refractivity contribution < 1.29 is 0 Å². The van der Waals surface area contributed by atoms with Gasteiger partial charge in [0.05, 0.1) is 6.04 Å². The van der Waals surface area contributed by atoms with Crippen LogP contribution in [0.2, 0.25) is 0 Å². The van der Waals surface area contributed by atoms with Gasteiger partial charge in [0, 0.05) is 40.0 Å². The third-order valence-electron chi connectivity index (χ3n) is 15.3. The molecule has 4 aliphatic carbocycles. The van der Waals surface area contributed by atoms with Crippen molar-refractivity contribution in [1.29, 1.82) is 0 Å². The van der Waals surface area contributed by atoms with E-state index in [1.54, 1.807) is 0 Å². The third-order valence-corrected chi connectivity index (χ3v) is 16.4. The molecule has 2 nitrogen and oxygen atoms in total. The summed E-state index contributed by atoms with van der Waals surface area (Å²) in [5.41, 5.74) is 13.4. The summed E-state index contributed by atoms with van der Waals surface area (Å²) in [6.07, 6.45) is 25.3. The van der Waals surface area contributed by atoms with Gasteiger partial charge in [-0.2, -0.15) is 11.3 Å². The lowest BCUT2D eigenvalue weighted by Crippen LogP contribution is -2.39. The van der Waals surface area contributed by atoms with Gasteiger partial charge in [-0.1, -0.05) is 187 Å². The van der Waals surface area contributed by atoms with E-state index < -0.39 is 0 Å². The number of nitrogens with zero attached hydrogens (tertiary/aromatic N) is 1. The summed E-state index contributed by atoms with van der Waals surface area (Å²) in [4.78, 5) is 2.64. The topological polar surface area (TPSA) is 15.3 Å². The van der Waals surface area contributed by atoms with Gasteiger partial charge in [0.25, 0.3) is 0 Å². The summed E-state index contributed by atoms with van der Waals surface area (Å²) in [6, 6.07) is 17.1. The largest absolute Gasteiger partial charge is 0.345 e. The number of rotatable bonds is 14. The van der Waals surface area contributed by atoms with E-state index in [2.05, 4.69) is 225 Å². The predicted octanol–water partition coefficient (Wildman–Crippen LogP) is 15.4. The van der Waals surface area contributed by atoms with Crippen LogP contribution in [0.1, 0.15) is 164 Å². The number of thiophene rings is 1. The monoisotopic (exact) mass is 872 g/mol. The zero-order valence-electron chi connectivity index (χ0n) is 42.2. The summed E-state index contributed by atoms with van der Waals surface area (Å²) in [7, 11) is 2.41. The molecule has 7 rings (SSSR count). The fraction of sp³-hybridized carbons (Fsp3) is 0.500. The van der Waals surface area contributed by atoms with Gasteiger partial charge in [-0.05, 0) is 128 Å². The first-order valence-corrected chi connectivity index (χ1v) is 25.3. The molecule has 4 atom stereocenters. The van der Waals surface area contributed by atoms with Gasteiger partial charge in [-0.15, -0.1) is 6.58 Å². The second kappa shape index (κ2) is 18.1. The maximum Gasteiger partial charge on any atom is 0.197 e. The van der Waals surface area contributed by atoms with Gasteiger partial charge in [0.2, 0.25) is 0 Å². The van der Waals surface area contributed by atoms with Crippen molar-refractivity contribution in [3.05, 3.63) is 161 Å². The maximum atomic E-state index is 4.66. The molecule has 1 aromatic heterocycles. The molecular formula is C60H80BN2S. The molecular weight excluding hydrogens is 792 g/mol. The highest BCUT2D eigenvalue weighted by Gasteiger charge is 2.46. The minimum Gasteiger partial charge on any atom is -0.345 e. The SMILES string of the molecule is C=CCC(/C=C/N(/C(=C\[B]c1cc2cc3c(cc2s1)C(C)(C)CCC3(C)C)CCC(=C)C(C)(C)C)C1C=CC=C2C1c1ccccc1C2(C)C)NC1C=C(C(C)(C)C)C(C(C)C)=CC1. The Labute approximate surface area is 394 Å². The normalized spacial score (nSPS) is 23.0. The number of fused-ring (bicyclic) bond motifs is 5. The van der Waals surface area contributed by atoms with E-state index in [9.17, 15) is 0 Å². The summed E-state index contributed by atoms with van der Waals surface area (Å²) < 4.78 is 2.69. The predicted molar refractivity (Wildman–Crippen MR) is 283 cm³/mol. The van der Waals surface area contributed by atoms with Crippen molar-refractivity contribution in [3.63, 3.8) is 0 Å². The molecule has 0 aliphatic heterocycles. The minimum absolute atomic E-state index is 0.0268. The van der Waals surface area contributed by atoms with Crippen molar-refractivity contribution in [2.75, 3.05) is 0 Å². The van der Waals surface area contributed by atoms with Crippen LogP contribution in [0.15, 0.2) is 138 Å². The summed E-state index contributed by atoms with van der Waals surface area (Å²) in [5.74, 6) is 3.19. The average Bonchev–Trinajstić information content (AvgIpc) is 3.74. The van der Waals surface area contributed by atoms with Gasteiger partial charge in [-0.3, -0.25) is 0 Å². The Balaban J connectivity index is 1.32. The second-order valence-corrected chi connectivity index (χ2v) is 24.9. The van der Waals surface area contributed by atoms with Crippen LogP contribution in [0.4, 0.5) is 0 Å². The Morgan fingerprint density at radius 3 is 2.28 bits per heavy atom. The van der Waals surface area contributed by atoms with Crippen molar-refractivity contribution in [2.24, 2.45) is 16.7 Å². The van der Waals surface area contributed by atoms with Gasteiger partial charge in [0.15, 0.2) is 7.28 Å². The number of allylic oxidation sites excluding steroid dienone is 6. The molecule has 0 fully saturated rings. The Bertz CT molecular complexity index is 2390. The molecule has 0 saturated heterocycles. The van der Waals surface area contributed by atoms with Crippen LogP contribution in [0.25, 0.3) is 10.1 Å². The van der Waals surface area contributed by atoms with Crippen molar-refractivity contribution in [1.82, 2.24) is 10.2 Å². The molecule has 0 spiro atoms. The maximum absolute atomic E-state index is 4.66. The van der Waals surface area contributed by atoms with Gasteiger partial charge >= 0.3 is 0 Å². The molecule has 4 aliphatic rings. The second-order valence-electron chi connectivity index (χ2n) is 23.8. The molecule has 1 heterocycles.